The van der Waals surface area contributed by atoms with Crippen LogP contribution in [-0.2, 0) is 14.3 Å². The molecule has 0 aromatic carbocycles. The fourth-order valence-electron chi connectivity index (χ4n) is 1.48. The summed E-state index contributed by atoms with van der Waals surface area (Å²) >= 11 is 0. The number of methoxy groups -OCH3 is 1. The van der Waals surface area contributed by atoms with E-state index >= 15 is 0 Å². The maximum Gasteiger partial charge on any atom is 0.328 e. The van der Waals surface area contributed by atoms with E-state index in [-0.39, 0.29) is 17.8 Å². The highest BCUT2D eigenvalue weighted by Gasteiger charge is 2.27. The van der Waals surface area contributed by atoms with Gasteiger partial charge in [0.25, 0.3) is 0 Å². The third kappa shape index (κ3) is 3.77. The van der Waals surface area contributed by atoms with Crippen molar-refractivity contribution in [3.63, 3.8) is 0 Å². The van der Waals surface area contributed by atoms with Crippen LogP contribution in [0.5, 0.6) is 0 Å². The summed E-state index contributed by atoms with van der Waals surface area (Å²) in [6.07, 6.45) is 1.69. The van der Waals surface area contributed by atoms with Crippen molar-refractivity contribution in [1.29, 1.82) is 0 Å². The van der Waals surface area contributed by atoms with Gasteiger partial charge in [-0.15, -0.1) is 0 Å². The molecule has 1 atom stereocenters. The third-order valence-electron chi connectivity index (χ3n) is 2.33. The maximum atomic E-state index is 11.4. The topological polar surface area (TPSA) is 55.4 Å². The molecular formula is C10H19NO3. The number of hydrogen-bond donors (Lipinski definition) is 1. The number of carbonyl (C=O) groups is 2. The molecule has 0 aromatic heterocycles. The Kier molecular flexibility index (Phi) is 5.92. The number of amides is 1. The van der Waals surface area contributed by atoms with Crippen molar-refractivity contribution in [2.24, 2.45) is 5.92 Å². The van der Waals surface area contributed by atoms with Gasteiger partial charge in [-0.1, -0.05) is 26.7 Å². The molecule has 0 fully saturated rings. The monoisotopic (exact) mass is 201 g/mol. The fourth-order valence-corrected chi connectivity index (χ4v) is 1.48. The molecule has 0 radical (unpaired) electrons. The average Bonchev–Trinajstić information content (AvgIpc) is 2.16. The van der Waals surface area contributed by atoms with Gasteiger partial charge in [0, 0.05) is 6.92 Å². The molecule has 0 spiro atoms. The molecular weight excluding hydrogens is 182 g/mol. The molecule has 0 saturated carbocycles. The Hall–Kier alpha value is -1.06. The molecule has 0 aliphatic heterocycles. The van der Waals surface area contributed by atoms with Gasteiger partial charge in [-0.3, -0.25) is 4.79 Å². The normalized spacial score (nSPS) is 12.4. The Morgan fingerprint density at radius 1 is 1.29 bits per heavy atom. The van der Waals surface area contributed by atoms with Crippen molar-refractivity contribution in [1.82, 2.24) is 5.32 Å². The first-order valence-corrected chi connectivity index (χ1v) is 4.91. The van der Waals surface area contributed by atoms with Gasteiger partial charge in [-0.25, -0.2) is 4.79 Å². The summed E-state index contributed by atoms with van der Waals surface area (Å²) in [4.78, 5) is 22.3. The highest BCUT2D eigenvalue weighted by Crippen LogP contribution is 2.14. The van der Waals surface area contributed by atoms with Crippen molar-refractivity contribution >= 4 is 11.9 Å². The van der Waals surface area contributed by atoms with E-state index in [0.29, 0.717) is 0 Å². The Labute approximate surface area is 85.0 Å². The second-order valence-electron chi connectivity index (χ2n) is 3.28. The molecule has 0 aliphatic rings. The van der Waals surface area contributed by atoms with Crippen LogP contribution in [0.4, 0.5) is 0 Å². The molecule has 0 unspecified atom stereocenters. The zero-order valence-corrected chi connectivity index (χ0v) is 9.29. The predicted octanol–water partition coefficient (Wildman–Crippen LogP) is 1.10. The lowest BCUT2D eigenvalue weighted by Crippen LogP contribution is -2.45. The quantitative estimate of drug-likeness (QED) is 0.678. The molecule has 0 bridgehead atoms. The van der Waals surface area contributed by atoms with E-state index < -0.39 is 6.04 Å². The molecule has 0 aliphatic carbocycles. The Morgan fingerprint density at radius 3 is 2.07 bits per heavy atom. The zero-order chi connectivity index (χ0) is 11.1. The van der Waals surface area contributed by atoms with Crippen LogP contribution in [-0.4, -0.2) is 25.0 Å². The minimum absolute atomic E-state index is 0.145. The zero-order valence-electron chi connectivity index (χ0n) is 9.29. The lowest BCUT2D eigenvalue weighted by molar-refractivity contribution is -0.146. The van der Waals surface area contributed by atoms with Crippen molar-refractivity contribution in [3.8, 4) is 0 Å². The summed E-state index contributed by atoms with van der Waals surface area (Å²) in [6.45, 7) is 5.39. The van der Waals surface area contributed by atoms with Gasteiger partial charge < -0.3 is 10.1 Å². The second kappa shape index (κ2) is 6.40. The molecule has 0 aromatic rings. The van der Waals surface area contributed by atoms with E-state index in [1.807, 2.05) is 13.8 Å². The van der Waals surface area contributed by atoms with Crippen LogP contribution in [0.15, 0.2) is 0 Å². The molecule has 14 heavy (non-hydrogen) atoms. The van der Waals surface area contributed by atoms with Crippen molar-refractivity contribution in [3.05, 3.63) is 0 Å². The first kappa shape index (κ1) is 12.9. The van der Waals surface area contributed by atoms with E-state index in [1.165, 1.54) is 14.0 Å². The summed E-state index contributed by atoms with van der Waals surface area (Å²) in [5, 5.41) is 2.62. The maximum absolute atomic E-state index is 11.4. The summed E-state index contributed by atoms with van der Waals surface area (Å²) < 4.78 is 4.64. The minimum Gasteiger partial charge on any atom is -0.467 e. The molecule has 1 N–H and O–H groups in total. The van der Waals surface area contributed by atoms with Gasteiger partial charge in [-0.2, -0.15) is 0 Å². The molecule has 4 heteroatoms. The molecule has 0 rings (SSSR count). The van der Waals surface area contributed by atoms with Crippen LogP contribution in [0.2, 0.25) is 0 Å². The summed E-state index contributed by atoms with van der Waals surface area (Å²) in [5.74, 6) is -0.424. The number of rotatable bonds is 5. The first-order chi connectivity index (χ1) is 6.56. The molecule has 0 saturated heterocycles. The third-order valence-corrected chi connectivity index (χ3v) is 2.33. The number of carbonyl (C=O) groups excluding carboxylic acids is 2. The Bertz CT molecular complexity index is 200. The highest BCUT2D eigenvalue weighted by atomic mass is 16.5. The van der Waals surface area contributed by atoms with Gasteiger partial charge in [0.05, 0.1) is 7.11 Å². The van der Waals surface area contributed by atoms with Gasteiger partial charge in [-0.05, 0) is 5.92 Å². The van der Waals surface area contributed by atoms with Gasteiger partial charge in [0.1, 0.15) is 6.04 Å². The Morgan fingerprint density at radius 2 is 1.79 bits per heavy atom. The summed E-state index contributed by atoms with van der Waals surface area (Å²) in [6, 6.07) is -0.507. The van der Waals surface area contributed by atoms with Crippen LogP contribution in [0.1, 0.15) is 33.6 Å². The van der Waals surface area contributed by atoms with Crippen LogP contribution in [0, 0.1) is 5.92 Å². The predicted molar refractivity (Wildman–Crippen MR) is 53.7 cm³/mol. The highest BCUT2D eigenvalue weighted by molar-refractivity contribution is 5.83. The minimum atomic E-state index is -0.507. The van der Waals surface area contributed by atoms with Gasteiger partial charge in [0.15, 0.2) is 0 Å². The number of esters is 1. The Balaban J connectivity index is 4.51. The van der Waals surface area contributed by atoms with Crippen molar-refractivity contribution in [2.75, 3.05) is 7.11 Å². The average molecular weight is 201 g/mol. The molecule has 0 heterocycles. The standard InChI is InChI=1S/C10H19NO3/c1-5-8(6-2)9(10(13)14-4)11-7(3)12/h8-9H,5-6H2,1-4H3,(H,11,12)/t9-/m1/s1. The van der Waals surface area contributed by atoms with E-state index in [1.54, 1.807) is 0 Å². The number of hydrogen-bond acceptors (Lipinski definition) is 3. The van der Waals surface area contributed by atoms with Crippen LogP contribution in [0.3, 0.4) is 0 Å². The lowest BCUT2D eigenvalue weighted by atomic mass is 9.94. The van der Waals surface area contributed by atoms with E-state index in [2.05, 4.69) is 10.1 Å². The van der Waals surface area contributed by atoms with E-state index in [9.17, 15) is 9.59 Å². The molecule has 4 nitrogen and oxygen atoms in total. The lowest BCUT2D eigenvalue weighted by Gasteiger charge is -2.23. The largest absolute Gasteiger partial charge is 0.467 e. The molecule has 82 valence electrons. The van der Waals surface area contributed by atoms with Crippen LogP contribution in [0.25, 0.3) is 0 Å². The van der Waals surface area contributed by atoms with Crippen molar-refractivity contribution < 1.29 is 14.3 Å². The SMILES string of the molecule is CCC(CC)[C@@H](NC(C)=O)C(=O)OC. The number of nitrogens with one attached hydrogen (secondary N) is 1. The summed E-state index contributed by atoms with van der Waals surface area (Å²) in [5.41, 5.74) is 0. The van der Waals surface area contributed by atoms with Crippen LogP contribution < -0.4 is 5.32 Å². The van der Waals surface area contributed by atoms with Gasteiger partial charge >= 0.3 is 5.97 Å². The number of ether oxygens (including phenoxy) is 1. The van der Waals surface area contributed by atoms with E-state index in [0.717, 1.165) is 12.8 Å². The van der Waals surface area contributed by atoms with Gasteiger partial charge in [0.2, 0.25) is 5.91 Å². The fraction of sp³-hybridized carbons (Fsp3) is 0.800. The smallest absolute Gasteiger partial charge is 0.328 e. The first-order valence-electron chi connectivity index (χ1n) is 4.91. The second-order valence-corrected chi connectivity index (χ2v) is 3.28. The summed E-state index contributed by atoms with van der Waals surface area (Å²) in [7, 11) is 1.33. The van der Waals surface area contributed by atoms with E-state index in [4.69, 9.17) is 0 Å². The molecule has 1 amide bonds. The van der Waals surface area contributed by atoms with Crippen molar-refractivity contribution in [2.45, 2.75) is 39.7 Å². The van der Waals surface area contributed by atoms with Crippen LogP contribution >= 0.6 is 0 Å².